The van der Waals surface area contributed by atoms with Crippen LogP contribution in [-0.4, -0.2) is 29.6 Å². The number of nitrogens with one attached hydrogen (secondary N) is 1. The maximum Gasteiger partial charge on any atom is 0.0314 e. The Hall–Kier alpha value is 0.100. The van der Waals surface area contributed by atoms with Crippen molar-refractivity contribution >= 4 is 27.3 Å². The van der Waals surface area contributed by atoms with Gasteiger partial charge in [0.1, 0.15) is 0 Å². The van der Waals surface area contributed by atoms with Gasteiger partial charge in [0.15, 0.2) is 0 Å². The summed E-state index contributed by atoms with van der Waals surface area (Å²) in [5.41, 5.74) is 0.320. The van der Waals surface area contributed by atoms with Gasteiger partial charge in [-0.15, -0.1) is 11.3 Å². The molecular weight excluding hydrogens is 320 g/mol. The first kappa shape index (κ1) is 15.5. The fourth-order valence-electron chi connectivity index (χ4n) is 2.60. The molecule has 0 aromatic carbocycles. The van der Waals surface area contributed by atoms with E-state index in [0.717, 1.165) is 6.54 Å². The van der Waals surface area contributed by atoms with E-state index in [0.29, 0.717) is 11.6 Å². The number of likely N-dealkylation sites (tertiary alicyclic amines) is 1. The molecule has 108 valence electrons. The van der Waals surface area contributed by atoms with E-state index in [1.54, 1.807) is 0 Å². The van der Waals surface area contributed by atoms with Gasteiger partial charge in [-0.25, -0.2) is 0 Å². The summed E-state index contributed by atoms with van der Waals surface area (Å²) in [6, 6.07) is 2.93. The van der Waals surface area contributed by atoms with Crippen LogP contribution in [0.2, 0.25) is 0 Å². The molecule has 1 aromatic heterocycles. The number of hydrogen-bond acceptors (Lipinski definition) is 3. The zero-order chi connectivity index (χ0) is 14.0. The van der Waals surface area contributed by atoms with Gasteiger partial charge >= 0.3 is 0 Å². The summed E-state index contributed by atoms with van der Waals surface area (Å²) in [6.07, 6.45) is 2.53. The van der Waals surface area contributed by atoms with Gasteiger partial charge in [0.2, 0.25) is 0 Å². The van der Waals surface area contributed by atoms with Crippen LogP contribution in [0.3, 0.4) is 0 Å². The molecule has 0 spiro atoms. The minimum absolute atomic E-state index is 0.320. The van der Waals surface area contributed by atoms with E-state index >= 15 is 0 Å². The molecule has 0 unspecified atom stereocenters. The molecule has 1 fully saturated rings. The molecule has 0 amide bonds. The van der Waals surface area contributed by atoms with E-state index < -0.39 is 0 Å². The van der Waals surface area contributed by atoms with Crippen molar-refractivity contribution in [1.29, 1.82) is 0 Å². The molecule has 0 aliphatic carbocycles. The van der Waals surface area contributed by atoms with Gasteiger partial charge in [-0.3, -0.25) is 4.90 Å². The Bertz CT molecular complexity index is 395. The number of thiophene rings is 1. The van der Waals surface area contributed by atoms with Crippen molar-refractivity contribution in [1.82, 2.24) is 10.2 Å². The molecule has 2 rings (SSSR count). The van der Waals surface area contributed by atoms with Crippen molar-refractivity contribution in [3.8, 4) is 0 Å². The third kappa shape index (κ3) is 4.28. The Morgan fingerprint density at radius 1 is 1.37 bits per heavy atom. The molecule has 4 heteroatoms. The largest absolute Gasteiger partial charge is 0.309 e. The summed E-state index contributed by atoms with van der Waals surface area (Å²) < 4.78 is 1.25. The van der Waals surface area contributed by atoms with Crippen LogP contribution in [0.4, 0.5) is 0 Å². The molecule has 1 aromatic rings. The standard InChI is InChI=1S/C15H25BrN2S/c1-11-14(16)9-13(19-11)10-17-12-5-7-18(8-6-12)15(2,3)4/h9,12,17H,5-8,10H2,1-4H3. The second kappa shape index (κ2) is 6.25. The molecule has 2 nitrogen and oxygen atoms in total. The van der Waals surface area contributed by atoms with Crippen LogP contribution >= 0.6 is 27.3 Å². The molecule has 0 radical (unpaired) electrons. The molecule has 0 saturated carbocycles. The monoisotopic (exact) mass is 344 g/mol. The van der Waals surface area contributed by atoms with Crippen molar-refractivity contribution in [2.24, 2.45) is 0 Å². The van der Waals surface area contributed by atoms with Crippen molar-refractivity contribution in [2.75, 3.05) is 13.1 Å². The highest BCUT2D eigenvalue weighted by atomic mass is 79.9. The number of halogens is 1. The first-order valence-corrected chi connectivity index (χ1v) is 8.70. The SMILES string of the molecule is Cc1sc(CNC2CCN(C(C)(C)C)CC2)cc1Br. The van der Waals surface area contributed by atoms with Gasteiger partial charge in [-0.2, -0.15) is 0 Å². The zero-order valence-corrected chi connectivity index (χ0v) is 14.8. The van der Waals surface area contributed by atoms with Crippen LogP contribution in [0.25, 0.3) is 0 Å². The predicted molar refractivity (Wildman–Crippen MR) is 87.9 cm³/mol. The van der Waals surface area contributed by atoms with Gasteiger partial charge in [0.25, 0.3) is 0 Å². The van der Waals surface area contributed by atoms with Crippen molar-refractivity contribution < 1.29 is 0 Å². The maximum atomic E-state index is 3.71. The summed E-state index contributed by atoms with van der Waals surface area (Å²) in [6.45, 7) is 12.5. The summed E-state index contributed by atoms with van der Waals surface area (Å²) in [5.74, 6) is 0. The van der Waals surface area contributed by atoms with Gasteiger partial charge in [0.05, 0.1) is 0 Å². The summed E-state index contributed by atoms with van der Waals surface area (Å²) >= 11 is 5.48. The van der Waals surface area contributed by atoms with E-state index in [4.69, 9.17) is 0 Å². The van der Waals surface area contributed by atoms with Gasteiger partial charge in [0, 0.05) is 45.4 Å². The second-order valence-corrected chi connectivity index (χ2v) is 8.63. The average molecular weight is 345 g/mol. The molecule has 1 aliphatic heterocycles. The molecule has 19 heavy (non-hydrogen) atoms. The predicted octanol–water partition coefficient (Wildman–Crippen LogP) is 4.17. The quantitative estimate of drug-likeness (QED) is 0.884. The van der Waals surface area contributed by atoms with Crippen LogP contribution in [0.5, 0.6) is 0 Å². The van der Waals surface area contributed by atoms with Gasteiger partial charge in [-0.05, 0) is 62.5 Å². The highest BCUT2D eigenvalue weighted by molar-refractivity contribution is 9.10. The summed E-state index contributed by atoms with van der Waals surface area (Å²) in [4.78, 5) is 5.40. The number of rotatable bonds is 3. The number of aryl methyl sites for hydroxylation is 1. The lowest BCUT2D eigenvalue weighted by molar-refractivity contribution is 0.0961. The third-order valence-electron chi connectivity index (χ3n) is 3.92. The fourth-order valence-corrected chi connectivity index (χ4v) is 4.16. The van der Waals surface area contributed by atoms with E-state index in [9.17, 15) is 0 Å². The van der Waals surface area contributed by atoms with E-state index in [1.807, 2.05) is 11.3 Å². The van der Waals surface area contributed by atoms with E-state index in [1.165, 1.54) is 40.2 Å². The average Bonchev–Trinajstić information content (AvgIpc) is 2.66. The minimum Gasteiger partial charge on any atom is -0.309 e. The van der Waals surface area contributed by atoms with Crippen LogP contribution in [0.15, 0.2) is 10.5 Å². The molecular formula is C15H25BrN2S. The third-order valence-corrected chi connectivity index (χ3v) is 6.05. The zero-order valence-electron chi connectivity index (χ0n) is 12.4. The van der Waals surface area contributed by atoms with Crippen LogP contribution in [-0.2, 0) is 6.54 Å². The Morgan fingerprint density at radius 3 is 2.47 bits per heavy atom. The van der Waals surface area contributed by atoms with E-state index in [2.05, 4.69) is 59.9 Å². The van der Waals surface area contributed by atoms with Gasteiger partial charge < -0.3 is 5.32 Å². The highest BCUT2D eigenvalue weighted by Gasteiger charge is 2.26. The Morgan fingerprint density at radius 2 is 2.00 bits per heavy atom. The maximum absolute atomic E-state index is 3.71. The number of nitrogens with zero attached hydrogens (tertiary/aromatic N) is 1. The summed E-state index contributed by atoms with van der Waals surface area (Å²) in [5, 5.41) is 3.71. The number of piperidine rings is 1. The smallest absolute Gasteiger partial charge is 0.0314 e. The lowest BCUT2D eigenvalue weighted by Gasteiger charge is -2.41. The molecule has 1 aliphatic rings. The molecule has 0 bridgehead atoms. The first-order chi connectivity index (χ1) is 8.86. The topological polar surface area (TPSA) is 15.3 Å². The Balaban J connectivity index is 1.77. The normalized spacial score (nSPS) is 19.0. The Kier molecular flexibility index (Phi) is 5.09. The van der Waals surface area contributed by atoms with Crippen molar-refractivity contribution in [3.63, 3.8) is 0 Å². The molecule has 1 N–H and O–H groups in total. The van der Waals surface area contributed by atoms with Crippen molar-refractivity contribution in [2.45, 2.75) is 58.7 Å². The van der Waals surface area contributed by atoms with E-state index in [-0.39, 0.29) is 0 Å². The minimum atomic E-state index is 0.320. The Labute approximate surface area is 129 Å². The fraction of sp³-hybridized carbons (Fsp3) is 0.733. The molecule has 0 atom stereocenters. The van der Waals surface area contributed by atoms with Gasteiger partial charge in [-0.1, -0.05) is 0 Å². The lowest BCUT2D eigenvalue weighted by Crippen LogP contribution is -2.49. The van der Waals surface area contributed by atoms with Crippen LogP contribution in [0, 0.1) is 6.92 Å². The van der Waals surface area contributed by atoms with Crippen LogP contribution < -0.4 is 5.32 Å². The van der Waals surface area contributed by atoms with Crippen molar-refractivity contribution in [3.05, 3.63) is 20.3 Å². The second-order valence-electron chi connectivity index (χ2n) is 6.43. The first-order valence-electron chi connectivity index (χ1n) is 7.09. The lowest BCUT2D eigenvalue weighted by atomic mass is 9.98. The number of hydrogen-bond donors (Lipinski definition) is 1. The summed E-state index contributed by atoms with van der Waals surface area (Å²) in [7, 11) is 0. The van der Waals surface area contributed by atoms with Crippen LogP contribution in [0.1, 0.15) is 43.4 Å². The molecule has 2 heterocycles. The molecule has 1 saturated heterocycles. The highest BCUT2D eigenvalue weighted by Crippen LogP contribution is 2.26.